The van der Waals surface area contributed by atoms with Crippen molar-refractivity contribution in [3.63, 3.8) is 0 Å². The summed E-state index contributed by atoms with van der Waals surface area (Å²) >= 11 is 14.3. The number of hydrogen-bond donors (Lipinski definition) is 1. The minimum Gasteiger partial charge on any atom is -0.492 e. The topological polar surface area (TPSA) is 90.4 Å². The fourth-order valence-corrected chi connectivity index (χ4v) is 3.75. The molecule has 1 aromatic heterocycles. The van der Waals surface area contributed by atoms with Crippen molar-refractivity contribution in [2.45, 2.75) is 24.1 Å². The van der Waals surface area contributed by atoms with E-state index in [0.717, 1.165) is 0 Å². The molecule has 1 heterocycles. The molecule has 0 spiro atoms. The lowest BCUT2D eigenvalue weighted by Crippen LogP contribution is -2.12. The number of carbonyl (C=O) groups excluding carboxylic acids is 2. The standard InChI is InChI=1S/C16H17Cl2N3O4S2/c1-2-24-13(23)9-26-16-21-20-15(27-16)19-12(22)7-4-8-25-11-6-3-5-10(17)14(11)18/h3,5-6H,2,4,7-9H2,1H3,(H,19,20,22). The molecule has 7 nitrogen and oxygen atoms in total. The van der Waals surface area contributed by atoms with Gasteiger partial charge in [0, 0.05) is 6.42 Å². The lowest BCUT2D eigenvalue weighted by atomic mass is 10.3. The van der Waals surface area contributed by atoms with Crippen LogP contribution in [0.25, 0.3) is 0 Å². The van der Waals surface area contributed by atoms with Gasteiger partial charge in [0.05, 0.1) is 24.0 Å². The zero-order valence-corrected chi connectivity index (χ0v) is 17.5. The summed E-state index contributed by atoms with van der Waals surface area (Å²) in [7, 11) is 0. The molecule has 27 heavy (non-hydrogen) atoms. The van der Waals surface area contributed by atoms with Crippen LogP contribution in [0.4, 0.5) is 5.13 Å². The van der Waals surface area contributed by atoms with Gasteiger partial charge in [-0.25, -0.2) is 0 Å². The van der Waals surface area contributed by atoms with Crippen molar-refractivity contribution < 1.29 is 19.1 Å². The lowest BCUT2D eigenvalue weighted by Gasteiger charge is -2.08. The van der Waals surface area contributed by atoms with E-state index >= 15 is 0 Å². The van der Waals surface area contributed by atoms with Crippen molar-refractivity contribution in [2.75, 3.05) is 24.3 Å². The summed E-state index contributed by atoms with van der Waals surface area (Å²) in [5.74, 6) is 0.119. The highest BCUT2D eigenvalue weighted by molar-refractivity contribution is 8.01. The molecule has 2 aromatic rings. The predicted molar refractivity (Wildman–Crippen MR) is 107 cm³/mol. The number of nitrogens with zero attached hydrogens (tertiary/aromatic N) is 2. The third-order valence-electron chi connectivity index (χ3n) is 2.99. The van der Waals surface area contributed by atoms with Gasteiger partial charge in [-0.05, 0) is 25.5 Å². The molecule has 146 valence electrons. The molecule has 2 rings (SSSR count). The Morgan fingerprint density at radius 3 is 2.89 bits per heavy atom. The van der Waals surface area contributed by atoms with Crippen LogP contribution in [0.5, 0.6) is 5.75 Å². The number of ether oxygens (including phenoxy) is 2. The summed E-state index contributed by atoms with van der Waals surface area (Å²) in [5.41, 5.74) is 0. The van der Waals surface area contributed by atoms with Crippen LogP contribution < -0.4 is 10.1 Å². The average molecular weight is 450 g/mol. The second-order valence-electron chi connectivity index (χ2n) is 5.02. The molecule has 1 N–H and O–H groups in total. The Bertz CT molecular complexity index is 789. The molecule has 1 aromatic carbocycles. The van der Waals surface area contributed by atoms with E-state index in [4.69, 9.17) is 32.7 Å². The van der Waals surface area contributed by atoms with Crippen molar-refractivity contribution in [1.29, 1.82) is 0 Å². The van der Waals surface area contributed by atoms with Gasteiger partial charge < -0.3 is 14.8 Å². The van der Waals surface area contributed by atoms with Crippen molar-refractivity contribution in [1.82, 2.24) is 10.2 Å². The van der Waals surface area contributed by atoms with Crippen LogP contribution in [-0.2, 0) is 14.3 Å². The molecule has 0 radical (unpaired) electrons. The molecule has 1 amide bonds. The average Bonchev–Trinajstić information content (AvgIpc) is 3.08. The van der Waals surface area contributed by atoms with Gasteiger partial charge in [0.1, 0.15) is 10.8 Å². The van der Waals surface area contributed by atoms with E-state index in [1.165, 1.54) is 23.1 Å². The maximum absolute atomic E-state index is 11.9. The minimum absolute atomic E-state index is 0.153. The Labute approximate surface area is 174 Å². The van der Waals surface area contributed by atoms with Crippen molar-refractivity contribution in [3.8, 4) is 5.75 Å². The van der Waals surface area contributed by atoms with E-state index in [1.807, 2.05) is 0 Å². The number of nitrogens with one attached hydrogen (secondary N) is 1. The summed E-state index contributed by atoms with van der Waals surface area (Å²) < 4.78 is 10.9. The largest absolute Gasteiger partial charge is 0.492 e. The number of benzene rings is 1. The summed E-state index contributed by atoms with van der Waals surface area (Å²) in [6.45, 7) is 2.41. The summed E-state index contributed by atoms with van der Waals surface area (Å²) in [6.07, 6.45) is 0.751. The number of rotatable bonds is 10. The maximum atomic E-state index is 11.9. The second kappa shape index (κ2) is 11.3. The van der Waals surface area contributed by atoms with Gasteiger partial charge in [-0.15, -0.1) is 10.2 Å². The van der Waals surface area contributed by atoms with E-state index in [-0.39, 0.29) is 24.1 Å². The van der Waals surface area contributed by atoms with Crippen LogP contribution in [0.3, 0.4) is 0 Å². The zero-order valence-electron chi connectivity index (χ0n) is 14.4. The smallest absolute Gasteiger partial charge is 0.316 e. The van der Waals surface area contributed by atoms with Crippen molar-refractivity contribution in [2.24, 2.45) is 0 Å². The predicted octanol–water partition coefficient (Wildman–Crippen LogP) is 4.30. The third-order valence-corrected chi connectivity index (χ3v) is 5.74. The molecule has 0 aliphatic heterocycles. The highest BCUT2D eigenvalue weighted by Gasteiger charge is 2.11. The van der Waals surface area contributed by atoms with E-state index < -0.39 is 0 Å². The number of halogens is 2. The SMILES string of the molecule is CCOC(=O)CSc1nnc(NC(=O)CCCOc2cccc(Cl)c2Cl)s1. The molecular formula is C16H17Cl2N3O4S2. The number of esters is 1. The first-order valence-corrected chi connectivity index (χ1v) is 10.5. The quantitative estimate of drug-likeness (QED) is 0.250. The number of hydrogen-bond acceptors (Lipinski definition) is 8. The molecule has 0 bridgehead atoms. The van der Waals surface area contributed by atoms with Crippen molar-refractivity contribution in [3.05, 3.63) is 28.2 Å². The second-order valence-corrected chi connectivity index (χ2v) is 8.00. The van der Waals surface area contributed by atoms with Crippen LogP contribution in [0.1, 0.15) is 19.8 Å². The Hall–Kier alpha value is -1.55. The van der Waals surface area contributed by atoms with Gasteiger partial charge in [0.2, 0.25) is 11.0 Å². The zero-order chi connectivity index (χ0) is 19.6. The molecule has 0 saturated carbocycles. The number of amides is 1. The van der Waals surface area contributed by atoms with Gasteiger partial charge in [-0.2, -0.15) is 0 Å². The van der Waals surface area contributed by atoms with E-state index in [9.17, 15) is 9.59 Å². The monoisotopic (exact) mass is 449 g/mol. The lowest BCUT2D eigenvalue weighted by molar-refractivity contribution is -0.139. The Kier molecular flexibility index (Phi) is 9.12. The number of carbonyl (C=O) groups is 2. The van der Waals surface area contributed by atoms with Gasteiger partial charge in [-0.1, -0.05) is 52.4 Å². The third kappa shape index (κ3) is 7.53. The van der Waals surface area contributed by atoms with Crippen LogP contribution in [-0.4, -0.2) is 41.0 Å². The summed E-state index contributed by atoms with van der Waals surface area (Å²) in [5, 5.41) is 11.6. The van der Waals surface area contributed by atoms with Crippen LogP contribution in [0.2, 0.25) is 10.0 Å². The molecule has 0 aliphatic rings. The molecule has 0 saturated heterocycles. The maximum Gasteiger partial charge on any atom is 0.316 e. The first-order valence-electron chi connectivity index (χ1n) is 7.98. The van der Waals surface area contributed by atoms with Gasteiger partial charge in [-0.3, -0.25) is 9.59 Å². The van der Waals surface area contributed by atoms with E-state index in [1.54, 1.807) is 25.1 Å². The molecule has 0 atom stereocenters. The molecule has 11 heteroatoms. The van der Waals surface area contributed by atoms with Crippen LogP contribution in [0, 0.1) is 0 Å². The first-order chi connectivity index (χ1) is 13.0. The van der Waals surface area contributed by atoms with Gasteiger partial charge in [0.25, 0.3) is 0 Å². The minimum atomic E-state index is -0.317. The normalized spacial score (nSPS) is 10.5. The number of anilines is 1. The molecule has 0 fully saturated rings. The van der Waals surface area contributed by atoms with Crippen molar-refractivity contribution >= 4 is 63.3 Å². The number of thioether (sulfide) groups is 1. The summed E-state index contributed by atoms with van der Waals surface area (Å²) in [6, 6.07) is 5.12. The summed E-state index contributed by atoms with van der Waals surface area (Å²) in [4.78, 5) is 23.3. The van der Waals surface area contributed by atoms with Crippen LogP contribution in [0.15, 0.2) is 22.5 Å². The molecular weight excluding hydrogens is 433 g/mol. The Morgan fingerprint density at radius 1 is 1.30 bits per heavy atom. The first kappa shape index (κ1) is 21.7. The van der Waals surface area contributed by atoms with E-state index in [0.29, 0.717) is 44.9 Å². The fourth-order valence-electron chi connectivity index (χ4n) is 1.83. The Balaban J connectivity index is 1.68. The number of aromatic nitrogens is 2. The fraction of sp³-hybridized carbons (Fsp3) is 0.375. The van der Waals surface area contributed by atoms with Gasteiger partial charge in [0.15, 0.2) is 4.34 Å². The highest BCUT2D eigenvalue weighted by atomic mass is 35.5. The Morgan fingerprint density at radius 2 is 2.11 bits per heavy atom. The highest BCUT2D eigenvalue weighted by Crippen LogP contribution is 2.31. The molecule has 0 unspecified atom stereocenters. The van der Waals surface area contributed by atoms with Gasteiger partial charge >= 0.3 is 5.97 Å². The van der Waals surface area contributed by atoms with Crippen LogP contribution >= 0.6 is 46.3 Å². The van der Waals surface area contributed by atoms with E-state index in [2.05, 4.69) is 15.5 Å². The molecule has 0 aliphatic carbocycles.